The van der Waals surface area contributed by atoms with E-state index in [1.165, 1.54) is 17.4 Å². The zero-order valence-corrected chi connectivity index (χ0v) is 21.9. The number of thiophene rings is 1. The molecular formula is C28H35F3O3S. The first-order valence-corrected chi connectivity index (χ1v) is 13.0. The molecule has 1 atom stereocenters. The number of aryl methyl sites for hydroxylation is 2. The van der Waals surface area contributed by atoms with Gasteiger partial charge in [-0.05, 0) is 72.9 Å². The standard InChI is InChI=1S/C26H29F3O3S.C2H6/c1-4-5-6-19(11-12-32-22-10-7-18(13-16(22)2)14-24(30)31)25-17(3)21-9-8-20(26(27,28)29)15-23(21)33-25;1-2/h7-10,13,15,19H,4-6,11-12,14H2,1-3H3,(H,30,31);1-2H3. The summed E-state index contributed by atoms with van der Waals surface area (Å²) >= 11 is 1.46. The van der Waals surface area contributed by atoms with E-state index in [0.29, 0.717) is 11.3 Å². The molecule has 1 heterocycles. The Morgan fingerprint density at radius 3 is 2.40 bits per heavy atom. The molecule has 1 N–H and O–H groups in total. The lowest BCUT2D eigenvalue weighted by Crippen LogP contribution is -2.07. The number of aliphatic carboxylic acids is 1. The fourth-order valence-corrected chi connectivity index (χ4v) is 5.56. The first-order chi connectivity index (χ1) is 16.6. The summed E-state index contributed by atoms with van der Waals surface area (Å²) in [5, 5.41) is 9.84. The van der Waals surface area contributed by atoms with E-state index >= 15 is 0 Å². The Kier molecular flexibility index (Phi) is 10.6. The van der Waals surface area contributed by atoms with Gasteiger partial charge in [0.15, 0.2) is 0 Å². The smallest absolute Gasteiger partial charge is 0.416 e. The van der Waals surface area contributed by atoms with Crippen LogP contribution in [0.2, 0.25) is 0 Å². The van der Waals surface area contributed by atoms with Crippen molar-refractivity contribution in [2.75, 3.05) is 6.61 Å². The summed E-state index contributed by atoms with van der Waals surface area (Å²) in [5.41, 5.74) is 2.06. The number of ether oxygens (including phenoxy) is 1. The van der Waals surface area contributed by atoms with Gasteiger partial charge in [-0.3, -0.25) is 4.79 Å². The number of carbonyl (C=O) groups is 1. The molecule has 3 nitrogen and oxygen atoms in total. The first kappa shape index (κ1) is 28.7. The molecule has 0 spiro atoms. The molecule has 192 valence electrons. The van der Waals surface area contributed by atoms with Crippen molar-refractivity contribution in [3.63, 3.8) is 0 Å². The number of halogens is 3. The molecule has 1 aromatic heterocycles. The summed E-state index contributed by atoms with van der Waals surface area (Å²) in [5.74, 6) is 0.0624. The lowest BCUT2D eigenvalue weighted by molar-refractivity contribution is -0.138. The molecule has 3 aromatic rings. The minimum atomic E-state index is -4.35. The van der Waals surface area contributed by atoms with Gasteiger partial charge in [-0.25, -0.2) is 0 Å². The highest BCUT2D eigenvalue weighted by atomic mass is 32.1. The van der Waals surface area contributed by atoms with E-state index in [-0.39, 0.29) is 12.3 Å². The summed E-state index contributed by atoms with van der Waals surface area (Å²) < 4.78 is 46.2. The number of benzene rings is 2. The molecule has 0 radical (unpaired) electrons. The number of fused-ring (bicyclic) bond motifs is 1. The summed E-state index contributed by atoms with van der Waals surface area (Å²) in [6.45, 7) is 10.5. The highest BCUT2D eigenvalue weighted by Gasteiger charge is 2.31. The van der Waals surface area contributed by atoms with Crippen LogP contribution in [0.3, 0.4) is 0 Å². The normalized spacial score (nSPS) is 12.2. The summed E-state index contributed by atoms with van der Waals surface area (Å²) in [7, 11) is 0. The number of hydrogen-bond donors (Lipinski definition) is 1. The predicted molar refractivity (Wildman–Crippen MR) is 138 cm³/mol. The van der Waals surface area contributed by atoms with Gasteiger partial charge < -0.3 is 9.84 Å². The average molecular weight is 509 g/mol. The topological polar surface area (TPSA) is 46.5 Å². The van der Waals surface area contributed by atoms with Crippen LogP contribution in [0.5, 0.6) is 5.75 Å². The van der Waals surface area contributed by atoms with Crippen LogP contribution in [0.4, 0.5) is 13.2 Å². The summed E-state index contributed by atoms with van der Waals surface area (Å²) in [6.07, 6.45) is -0.577. The summed E-state index contributed by atoms with van der Waals surface area (Å²) in [4.78, 5) is 12.0. The number of unbranched alkanes of at least 4 members (excludes halogenated alkanes) is 1. The highest BCUT2D eigenvalue weighted by Crippen LogP contribution is 2.41. The van der Waals surface area contributed by atoms with Crippen LogP contribution in [0.15, 0.2) is 36.4 Å². The van der Waals surface area contributed by atoms with E-state index in [2.05, 4.69) is 6.92 Å². The van der Waals surface area contributed by atoms with Crippen LogP contribution >= 0.6 is 11.3 Å². The van der Waals surface area contributed by atoms with E-state index in [4.69, 9.17) is 9.84 Å². The van der Waals surface area contributed by atoms with Crippen molar-refractivity contribution in [3.05, 3.63) is 63.5 Å². The van der Waals surface area contributed by atoms with Gasteiger partial charge in [0.1, 0.15) is 5.75 Å². The van der Waals surface area contributed by atoms with Crippen molar-refractivity contribution >= 4 is 27.4 Å². The maximum absolute atomic E-state index is 13.2. The van der Waals surface area contributed by atoms with Crippen LogP contribution in [-0.2, 0) is 17.4 Å². The van der Waals surface area contributed by atoms with Crippen molar-refractivity contribution in [2.24, 2.45) is 0 Å². The minimum absolute atomic E-state index is 0.0263. The largest absolute Gasteiger partial charge is 0.493 e. The SMILES string of the molecule is CC.CCCCC(CCOc1ccc(CC(=O)O)cc1C)c1sc2cc(C(F)(F)F)ccc2c1C. The zero-order chi connectivity index (χ0) is 26.2. The zero-order valence-electron chi connectivity index (χ0n) is 21.1. The number of carboxylic acids is 1. The highest BCUT2D eigenvalue weighted by molar-refractivity contribution is 7.19. The predicted octanol–water partition coefficient (Wildman–Crippen LogP) is 8.93. The fourth-order valence-electron chi connectivity index (χ4n) is 4.14. The maximum Gasteiger partial charge on any atom is 0.416 e. The van der Waals surface area contributed by atoms with E-state index < -0.39 is 17.7 Å². The van der Waals surface area contributed by atoms with E-state index in [0.717, 1.165) is 64.5 Å². The number of alkyl halides is 3. The molecule has 0 aliphatic carbocycles. The van der Waals surface area contributed by atoms with Crippen molar-refractivity contribution in [3.8, 4) is 5.75 Å². The van der Waals surface area contributed by atoms with Crippen molar-refractivity contribution in [1.29, 1.82) is 0 Å². The lowest BCUT2D eigenvalue weighted by Gasteiger charge is -2.18. The Bertz CT molecular complexity index is 1120. The van der Waals surface area contributed by atoms with Gasteiger partial charge in [0.05, 0.1) is 18.6 Å². The molecule has 7 heteroatoms. The molecule has 3 rings (SSSR count). The molecule has 1 unspecified atom stereocenters. The van der Waals surface area contributed by atoms with Crippen LogP contribution < -0.4 is 4.74 Å². The monoisotopic (exact) mass is 508 g/mol. The Balaban J connectivity index is 0.00000210. The van der Waals surface area contributed by atoms with Gasteiger partial charge in [0.2, 0.25) is 0 Å². The second-order valence-electron chi connectivity index (χ2n) is 8.45. The van der Waals surface area contributed by atoms with E-state index in [1.54, 1.807) is 18.2 Å². The Labute approximate surface area is 209 Å². The van der Waals surface area contributed by atoms with Crippen LogP contribution in [0.25, 0.3) is 10.1 Å². The molecule has 0 saturated heterocycles. The fraction of sp³-hybridized carbons (Fsp3) is 0.464. The molecule has 0 aliphatic heterocycles. The van der Waals surface area contributed by atoms with Gasteiger partial charge in [-0.15, -0.1) is 11.3 Å². The Morgan fingerprint density at radius 1 is 1.09 bits per heavy atom. The molecule has 35 heavy (non-hydrogen) atoms. The number of carboxylic acid groups (broad SMARTS) is 1. The van der Waals surface area contributed by atoms with Gasteiger partial charge in [0.25, 0.3) is 0 Å². The van der Waals surface area contributed by atoms with Gasteiger partial charge in [0, 0.05) is 9.58 Å². The number of rotatable bonds is 10. The van der Waals surface area contributed by atoms with Crippen molar-refractivity contribution in [1.82, 2.24) is 0 Å². The van der Waals surface area contributed by atoms with Crippen LogP contribution in [0, 0.1) is 13.8 Å². The third-order valence-electron chi connectivity index (χ3n) is 5.90. The minimum Gasteiger partial charge on any atom is -0.493 e. The van der Waals surface area contributed by atoms with Crippen LogP contribution in [0.1, 0.15) is 79.5 Å². The third kappa shape index (κ3) is 7.72. The molecular weight excluding hydrogens is 473 g/mol. The van der Waals surface area contributed by atoms with Crippen molar-refractivity contribution in [2.45, 2.75) is 78.8 Å². The van der Waals surface area contributed by atoms with Crippen LogP contribution in [-0.4, -0.2) is 17.7 Å². The number of hydrogen-bond acceptors (Lipinski definition) is 3. The maximum atomic E-state index is 13.2. The lowest BCUT2D eigenvalue weighted by atomic mass is 9.94. The second-order valence-corrected chi connectivity index (χ2v) is 9.53. The van der Waals surface area contributed by atoms with E-state index in [9.17, 15) is 18.0 Å². The molecule has 0 aliphatic rings. The molecule has 0 fully saturated rings. The molecule has 0 amide bonds. The second kappa shape index (κ2) is 13.0. The van der Waals surface area contributed by atoms with Gasteiger partial charge in [-0.1, -0.05) is 51.8 Å². The molecule has 0 saturated carbocycles. The quantitative estimate of drug-likeness (QED) is 0.297. The average Bonchev–Trinajstić information content (AvgIpc) is 3.13. The third-order valence-corrected chi connectivity index (χ3v) is 7.32. The molecule has 2 aromatic carbocycles. The molecule has 0 bridgehead atoms. The van der Waals surface area contributed by atoms with E-state index in [1.807, 2.05) is 33.8 Å². The van der Waals surface area contributed by atoms with Gasteiger partial charge in [-0.2, -0.15) is 13.2 Å². The van der Waals surface area contributed by atoms with Crippen molar-refractivity contribution < 1.29 is 27.8 Å². The Hall–Kier alpha value is -2.54. The first-order valence-electron chi connectivity index (χ1n) is 12.1. The summed E-state index contributed by atoms with van der Waals surface area (Å²) in [6, 6.07) is 9.39. The Morgan fingerprint density at radius 2 is 1.80 bits per heavy atom. The van der Waals surface area contributed by atoms with Gasteiger partial charge >= 0.3 is 12.1 Å².